The lowest BCUT2D eigenvalue weighted by Crippen LogP contribution is -2.46. The average molecular weight is 386 g/mol. The molecule has 1 N–H and O–H groups in total. The average Bonchev–Trinajstić information content (AvgIpc) is 2.73. The second-order valence-electron chi connectivity index (χ2n) is 6.40. The standard InChI is InChI=1S/C23H31NO4/c1-5-23(28-7-3,19-11-9-8-10-12-19)22(25)24-16-15-18-13-14-20(27-6-2)21(17-18)26-4/h8-14,17H,5-7,15-16H2,1-4H3,(H,24,25). The molecule has 2 aromatic rings. The molecule has 0 aliphatic rings. The van der Waals surface area contributed by atoms with Crippen LogP contribution in [-0.2, 0) is 21.6 Å². The molecule has 0 aliphatic carbocycles. The summed E-state index contributed by atoms with van der Waals surface area (Å²) >= 11 is 0. The van der Waals surface area contributed by atoms with E-state index < -0.39 is 5.60 Å². The number of carbonyl (C=O) groups is 1. The fraction of sp³-hybridized carbons (Fsp3) is 0.435. The molecule has 0 spiro atoms. The van der Waals surface area contributed by atoms with Crippen LogP contribution >= 0.6 is 0 Å². The predicted octanol–water partition coefficient (Wildman–Crippen LogP) is 4.09. The largest absolute Gasteiger partial charge is 0.493 e. The minimum Gasteiger partial charge on any atom is -0.493 e. The lowest BCUT2D eigenvalue weighted by Gasteiger charge is -2.31. The van der Waals surface area contributed by atoms with Crippen LogP contribution in [0.5, 0.6) is 11.5 Å². The molecule has 1 unspecified atom stereocenters. The molecular formula is C23H31NO4. The highest BCUT2D eigenvalue weighted by atomic mass is 16.5. The summed E-state index contributed by atoms with van der Waals surface area (Å²) < 4.78 is 16.9. The molecule has 0 saturated carbocycles. The minimum atomic E-state index is -0.966. The number of ether oxygens (including phenoxy) is 3. The van der Waals surface area contributed by atoms with E-state index in [1.165, 1.54) is 0 Å². The molecule has 5 nitrogen and oxygen atoms in total. The summed E-state index contributed by atoms with van der Waals surface area (Å²) in [5.41, 5.74) is 0.977. The van der Waals surface area contributed by atoms with E-state index in [0.29, 0.717) is 38.3 Å². The van der Waals surface area contributed by atoms with Gasteiger partial charge in [0.1, 0.15) is 0 Å². The van der Waals surface area contributed by atoms with Crippen molar-refractivity contribution in [3.05, 3.63) is 59.7 Å². The first kappa shape index (κ1) is 21.8. The van der Waals surface area contributed by atoms with E-state index >= 15 is 0 Å². The zero-order valence-corrected chi connectivity index (χ0v) is 17.3. The third-order valence-corrected chi connectivity index (χ3v) is 4.72. The maximum absolute atomic E-state index is 13.1. The van der Waals surface area contributed by atoms with Gasteiger partial charge in [0.25, 0.3) is 5.91 Å². The number of benzene rings is 2. The van der Waals surface area contributed by atoms with Crippen LogP contribution < -0.4 is 14.8 Å². The highest BCUT2D eigenvalue weighted by Gasteiger charge is 2.39. The van der Waals surface area contributed by atoms with Gasteiger partial charge in [-0.25, -0.2) is 0 Å². The van der Waals surface area contributed by atoms with E-state index in [0.717, 1.165) is 16.9 Å². The first-order valence-electron chi connectivity index (χ1n) is 9.88. The SMILES string of the molecule is CCOc1ccc(CCNC(=O)C(CC)(OCC)c2ccccc2)cc1OC. The van der Waals surface area contributed by atoms with Crippen molar-refractivity contribution >= 4 is 5.91 Å². The van der Waals surface area contributed by atoms with Gasteiger partial charge >= 0.3 is 0 Å². The number of amides is 1. The Balaban J connectivity index is 2.07. The molecule has 1 amide bonds. The van der Waals surface area contributed by atoms with Crippen LogP contribution in [0, 0.1) is 0 Å². The van der Waals surface area contributed by atoms with Crippen molar-refractivity contribution in [2.75, 3.05) is 26.9 Å². The number of hydrogen-bond donors (Lipinski definition) is 1. The third kappa shape index (κ3) is 5.04. The Bertz CT molecular complexity index is 748. The molecule has 0 radical (unpaired) electrons. The van der Waals surface area contributed by atoms with Crippen LogP contribution in [0.3, 0.4) is 0 Å². The number of hydrogen-bond acceptors (Lipinski definition) is 4. The maximum Gasteiger partial charge on any atom is 0.256 e. The summed E-state index contributed by atoms with van der Waals surface area (Å²) in [7, 11) is 1.63. The van der Waals surface area contributed by atoms with Crippen molar-refractivity contribution in [2.24, 2.45) is 0 Å². The van der Waals surface area contributed by atoms with Crippen molar-refractivity contribution in [3.63, 3.8) is 0 Å². The van der Waals surface area contributed by atoms with E-state index in [-0.39, 0.29) is 5.91 Å². The summed E-state index contributed by atoms with van der Waals surface area (Å²) in [5.74, 6) is 1.32. The summed E-state index contributed by atoms with van der Waals surface area (Å²) in [6, 6.07) is 15.5. The van der Waals surface area contributed by atoms with Crippen LogP contribution in [0.25, 0.3) is 0 Å². The summed E-state index contributed by atoms with van der Waals surface area (Å²) in [5, 5.41) is 3.05. The Morgan fingerprint density at radius 2 is 1.75 bits per heavy atom. The Morgan fingerprint density at radius 1 is 1.00 bits per heavy atom. The van der Waals surface area contributed by atoms with Gasteiger partial charge < -0.3 is 19.5 Å². The van der Waals surface area contributed by atoms with E-state index in [9.17, 15) is 4.79 Å². The predicted molar refractivity (Wildman–Crippen MR) is 111 cm³/mol. The molecule has 2 rings (SSSR count). The van der Waals surface area contributed by atoms with Gasteiger partial charge in [0.05, 0.1) is 13.7 Å². The molecule has 0 fully saturated rings. The van der Waals surface area contributed by atoms with Crippen LogP contribution in [0.2, 0.25) is 0 Å². The van der Waals surface area contributed by atoms with Crippen molar-refractivity contribution < 1.29 is 19.0 Å². The van der Waals surface area contributed by atoms with Crippen LogP contribution in [-0.4, -0.2) is 32.8 Å². The van der Waals surface area contributed by atoms with E-state index in [2.05, 4.69) is 5.32 Å². The second-order valence-corrected chi connectivity index (χ2v) is 6.40. The van der Waals surface area contributed by atoms with Gasteiger partial charge in [-0.05, 0) is 49.9 Å². The lowest BCUT2D eigenvalue weighted by molar-refractivity contribution is -0.149. The fourth-order valence-electron chi connectivity index (χ4n) is 3.31. The smallest absolute Gasteiger partial charge is 0.256 e. The quantitative estimate of drug-likeness (QED) is 0.633. The number of carbonyl (C=O) groups excluding carboxylic acids is 1. The van der Waals surface area contributed by atoms with E-state index in [4.69, 9.17) is 14.2 Å². The maximum atomic E-state index is 13.1. The molecule has 1 atom stereocenters. The molecule has 5 heteroatoms. The Kier molecular flexibility index (Phi) is 8.33. The van der Waals surface area contributed by atoms with Gasteiger partial charge in [0.2, 0.25) is 0 Å². The Hall–Kier alpha value is -2.53. The molecule has 152 valence electrons. The van der Waals surface area contributed by atoms with E-state index in [1.54, 1.807) is 7.11 Å². The molecule has 0 aliphatic heterocycles. The minimum absolute atomic E-state index is 0.110. The lowest BCUT2D eigenvalue weighted by atomic mass is 9.89. The van der Waals surface area contributed by atoms with E-state index in [1.807, 2.05) is 69.3 Å². The summed E-state index contributed by atoms with van der Waals surface area (Å²) in [6.45, 7) is 7.38. The molecule has 2 aromatic carbocycles. The van der Waals surface area contributed by atoms with Crippen molar-refractivity contribution in [1.82, 2.24) is 5.32 Å². The molecule has 28 heavy (non-hydrogen) atoms. The zero-order valence-electron chi connectivity index (χ0n) is 17.3. The second kappa shape index (κ2) is 10.7. The highest BCUT2D eigenvalue weighted by molar-refractivity contribution is 5.86. The normalized spacial score (nSPS) is 12.9. The van der Waals surface area contributed by atoms with Gasteiger partial charge in [0.15, 0.2) is 17.1 Å². The Labute approximate surface area is 168 Å². The third-order valence-electron chi connectivity index (χ3n) is 4.72. The van der Waals surface area contributed by atoms with Gasteiger partial charge in [-0.3, -0.25) is 4.79 Å². The topological polar surface area (TPSA) is 56.8 Å². The zero-order chi connectivity index (χ0) is 20.4. The number of nitrogens with one attached hydrogen (secondary N) is 1. The molecule has 0 saturated heterocycles. The van der Waals surface area contributed by atoms with Crippen molar-refractivity contribution in [3.8, 4) is 11.5 Å². The summed E-state index contributed by atoms with van der Waals surface area (Å²) in [4.78, 5) is 13.1. The Morgan fingerprint density at radius 3 is 2.36 bits per heavy atom. The first-order valence-corrected chi connectivity index (χ1v) is 9.88. The number of methoxy groups -OCH3 is 1. The monoisotopic (exact) mass is 385 g/mol. The van der Waals surface area contributed by atoms with Gasteiger partial charge in [-0.1, -0.05) is 43.3 Å². The van der Waals surface area contributed by atoms with Crippen LogP contribution in [0.1, 0.15) is 38.3 Å². The number of rotatable bonds is 11. The van der Waals surface area contributed by atoms with Gasteiger partial charge in [-0.2, -0.15) is 0 Å². The van der Waals surface area contributed by atoms with Gasteiger partial charge in [-0.15, -0.1) is 0 Å². The van der Waals surface area contributed by atoms with Crippen molar-refractivity contribution in [2.45, 2.75) is 39.2 Å². The molecule has 0 heterocycles. The first-order chi connectivity index (χ1) is 13.6. The summed E-state index contributed by atoms with van der Waals surface area (Å²) in [6.07, 6.45) is 1.25. The van der Waals surface area contributed by atoms with Crippen LogP contribution in [0.15, 0.2) is 48.5 Å². The van der Waals surface area contributed by atoms with Gasteiger partial charge in [0, 0.05) is 13.2 Å². The highest BCUT2D eigenvalue weighted by Crippen LogP contribution is 2.30. The molecular weight excluding hydrogens is 354 g/mol. The van der Waals surface area contributed by atoms with Crippen LogP contribution in [0.4, 0.5) is 0 Å². The fourth-order valence-corrected chi connectivity index (χ4v) is 3.31. The molecule has 0 bridgehead atoms. The molecule has 0 aromatic heterocycles. The van der Waals surface area contributed by atoms with Crippen molar-refractivity contribution in [1.29, 1.82) is 0 Å².